The molecule has 0 bridgehead atoms. The predicted octanol–water partition coefficient (Wildman–Crippen LogP) is 2.37. The Bertz CT molecular complexity index is 196. The Hall–Kier alpha value is -1.06. The summed E-state index contributed by atoms with van der Waals surface area (Å²) in [5.41, 5.74) is 0. The van der Waals surface area contributed by atoms with Gasteiger partial charge in [0.15, 0.2) is 0 Å². The summed E-state index contributed by atoms with van der Waals surface area (Å²) < 4.78 is 9.09. The van der Waals surface area contributed by atoms with Crippen molar-refractivity contribution in [1.82, 2.24) is 0 Å². The molecule has 0 aliphatic rings. The Labute approximate surface area is 84.6 Å². The summed E-state index contributed by atoms with van der Waals surface area (Å²) in [5, 5.41) is 0. The normalized spacial score (nSPS) is 10.4. The van der Waals surface area contributed by atoms with E-state index in [0.29, 0.717) is 0 Å². The molecule has 0 aliphatic carbocycles. The zero-order valence-corrected chi connectivity index (χ0v) is 9.20. The van der Waals surface area contributed by atoms with Crippen LogP contribution in [0.15, 0.2) is 0 Å². The SMILES string of the molecule is CC(C)COC(=O)OC(=O)CC(C)C. The molecule has 0 aromatic carbocycles. The van der Waals surface area contributed by atoms with Crippen molar-refractivity contribution in [3.8, 4) is 0 Å². The highest BCUT2D eigenvalue weighted by Crippen LogP contribution is 2.02. The fourth-order valence-electron chi connectivity index (χ4n) is 0.732. The molecule has 0 saturated carbocycles. The minimum absolute atomic E-state index is 0.181. The lowest BCUT2D eigenvalue weighted by molar-refractivity contribution is -0.140. The number of ether oxygens (including phenoxy) is 2. The van der Waals surface area contributed by atoms with Gasteiger partial charge >= 0.3 is 12.1 Å². The van der Waals surface area contributed by atoms with Crippen molar-refractivity contribution in [3.63, 3.8) is 0 Å². The summed E-state index contributed by atoms with van der Waals surface area (Å²) in [6.45, 7) is 7.83. The van der Waals surface area contributed by atoms with Crippen LogP contribution in [0.2, 0.25) is 0 Å². The Morgan fingerprint density at radius 1 is 1.07 bits per heavy atom. The van der Waals surface area contributed by atoms with Gasteiger partial charge in [-0.15, -0.1) is 0 Å². The third-order valence-electron chi connectivity index (χ3n) is 1.31. The zero-order valence-electron chi connectivity index (χ0n) is 9.20. The average molecular weight is 202 g/mol. The van der Waals surface area contributed by atoms with Crippen molar-refractivity contribution in [2.75, 3.05) is 6.61 Å². The van der Waals surface area contributed by atoms with Gasteiger partial charge < -0.3 is 9.47 Å². The molecule has 0 aliphatic heterocycles. The summed E-state index contributed by atoms with van der Waals surface area (Å²) in [7, 11) is 0. The van der Waals surface area contributed by atoms with Gasteiger partial charge in [0.05, 0.1) is 6.61 Å². The van der Waals surface area contributed by atoms with E-state index in [4.69, 9.17) is 0 Å². The molecule has 0 aromatic heterocycles. The molecule has 4 heteroatoms. The summed E-state index contributed by atoms with van der Waals surface area (Å²) in [4.78, 5) is 21.9. The van der Waals surface area contributed by atoms with E-state index in [2.05, 4.69) is 9.47 Å². The molecule has 0 aromatic rings. The first kappa shape index (κ1) is 12.9. The number of carbonyl (C=O) groups is 2. The van der Waals surface area contributed by atoms with Crippen LogP contribution in [0, 0.1) is 11.8 Å². The fraction of sp³-hybridized carbons (Fsp3) is 0.800. The third-order valence-corrected chi connectivity index (χ3v) is 1.31. The minimum Gasteiger partial charge on any atom is -0.434 e. The van der Waals surface area contributed by atoms with Gasteiger partial charge in [0.25, 0.3) is 0 Å². The van der Waals surface area contributed by atoms with Crippen molar-refractivity contribution in [3.05, 3.63) is 0 Å². The van der Waals surface area contributed by atoms with Gasteiger partial charge in [0.2, 0.25) is 0 Å². The molecule has 4 nitrogen and oxygen atoms in total. The van der Waals surface area contributed by atoms with Gasteiger partial charge in [-0.05, 0) is 11.8 Å². The van der Waals surface area contributed by atoms with Crippen molar-refractivity contribution < 1.29 is 19.1 Å². The van der Waals surface area contributed by atoms with E-state index in [9.17, 15) is 9.59 Å². The molecule has 0 heterocycles. The molecule has 0 saturated heterocycles. The highest BCUT2D eigenvalue weighted by atomic mass is 16.7. The summed E-state index contributed by atoms with van der Waals surface area (Å²) in [5.74, 6) is -0.114. The Balaban J connectivity index is 3.66. The molecule has 0 atom stereocenters. The first-order valence-corrected chi connectivity index (χ1v) is 4.79. The molecule has 0 radical (unpaired) electrons. The number of esters is 1. The van der Waals surface area contributed by atoms with E-state index in [1.54, 1.807) is 0 Å². The molecule has 82 valence electrons. The van der Waals surface area contributed by atoms with Crippen LogP contribution in [0.5, 0.6) is 0 Å². The zero-order chi connectivity index (χ0) is 11.1. The quantitative estimate of drug-likeness (QED) is 0.518. The number of carbonyl (C=O) groups excluding carboxylic acids is 2. The van der Waals surface area contributed by atoms with Crippen molar-refractivity contribution in [2.24, 2.45) is 11.8 Å². The van der Waals surface area contributed by atoms with E-state index in [1.165, 1.54) is 0 Å². The summed E-state index contributed by atoms with van der Waals surface area (Å²) >= 11 is 0. The van der Waals surface area contributed by atoms with Gasteiger partial charge in [0.1, 0.15) is 0 Å². The molecule has 0 amide bonds. The smallest absolute Gasteiger partial charge is 0.434 e. The van der Waals surface area contributed by atoms with Crippen LogP contribution in [0.25, 0.3) is 0 Å². The van der Waals surface area contributed by atoms with Gasteiger partial charge in [-0.3, -0.25) is 4.79 Å². The number of hydrogen-bond acceptors (Lipinski definition) is 4. The second-order valence-electron chi connectivity index (χ2n) is 4.03. The topological polar surface area (TPSA) is 52.6 Å². The van der Waals surface area contributed by atoms with E-state index < -0.39 is 12.1 Å². The van der Waals surface area contributed by atoms with Crippen molar-refractivity contribution in [2.45, 2.75) is 34.1 Å². The average Bonchev–Trinajstić information content (AvgIpc) is 1.98. The van der Waals surface area contributed by atoms with Crippen LogP contribution in [0.4, 0.5) is 4.79 Å². The first-order valence-electron chi connectivity index (χ1n) is 4.79. The highest BCUT2D eigenvalue weighted by molar-refractivity contribution is 5.81. The summed E-state index contributed by atoms with van der Waals surface area (Å²) in [6.07, 6.45) is -0.666. The van der Waals surface area contributed by atoms with Gasteiger partial charge in [-0.2, -0.15) is 0 Å². The van der Waals surface area contributed by atoms with Crippen LogP contribution in [-0.4, -0.2) is 18.7 Å². The van der Waals surface area contributed by atoms with E-state index in [0.717, 1.165) is 0 Å². The van der Waals surface area contributed by atoms with Crippen LogP contribution >= 0.6 is 0 Å². The molecule has 14 heavy (non-hydrogen) atoms. The largest absolute Gasteiger partial charge is 0.516 e. The molecule has 0 unspecified atom stereocenters. The molecular formula is C10H18O4. The standard InChI is InChI=1S/C10H18O4/c1-7(2)5-9(11)14-10(12)13-6-8(3)4/h7-8H,5-6H2,1-4H3. The van der Waals surface area contributed by atoms with Gasteiger partial charge in [-0.1, -0.05) is 27.7 Å². The van der Waals surface area contributed by atoms with Crippen molar-refractivity contribution >= 4 is 12.1 Å². The lowest BCUT2D eigenvalue weighted by Gasteiger charge is -2.07. The first-order chi connectivity index (χ1) is 6.41. The van der Waals surface area contributed by atoms with Crippen LogP contribution in [-0.2, 0) is 14.3 Å². The highest BCUT2D eigenvalue weighted by Gasteiger charge is 2.13. The molecule has 0 fully saturated rings. The maximum absolute atomic E-state index is 11.0. The number of hydrogen-bond donors (Lipinski definition) is 0. The van der Waals surface area contributed by atoms with E-state index >= 15 is 0 Å². The predicted molar refractivity (Wildman–Crippen MR) is 51.7 cm³/mol. The molecule has 0 rings (SSSR count). The molecular weight excluding hydrogens is 184 g/mol. The van der Waals surface area contributed by atoms with Crippen molar-refractivity contribution in [1.29, 1.82) is 0 Å². The van der Waals surface area contributed by atoms with Gasteiger partial charge in [0, 0.05) is 6.42 Å². The van der Waals surface area contributed by atoms with Gasteiger partial charge in [-0.25, -0.2) is 4.79 Å². The second kappa shape index (κ2) is 6.40. The maximum atomic E-state index is 11.0. The molecule has 0 N–H and O–H groups in total. The van der Waals surface area contributed by atoms with Crippen LogP contribution in [0.3, 0.4) is 0 Å². The fourth-order valence-corrected chi connectivity index (χ4v) is 0.732. The lowest BCUT2D eigenvalue weighted by atomic mass is 10.1. The van der Waals surface area contributed by atoms with Crippen LogP contribution < -0.4 is 0 Å². The second-order valence-corrected chi connectivity index (χ2v) is 4.03. The number of rotatable bonds is 4. The Morgan fingerprint density at radius 2 is 1.64 bits per heavy atom. The maximum Gasteiger partial charge on any atom is 0.516 e. The van der Waals surface area contributed by atoms with Crippen LogP contribution in [0.1, 0.15) is 34.1 Å². The lowest BCUT2D eigenvalue weighted by Crippen LogP contribution is -2.17. The minimum atomic E-state index is -0.899. The molecule has 0 spiro atoms. The summed E-state index contributed by atoms with van der Waals surface area (Å²) in [6, 6.07) is 0. The van der Waals surface area contributed by atoms with E-state index in [1.807, 2.05) is 27.7 Å². The van der Waals surface area contributed by atoms with E-state index in [-0.39, 0.29) is 24.9 Å². The monoisotopic (exact) mass is 202 g/mol. The Morgan fingerprint density at radius 3 is 2.07 bits per heavy atom. The Kier molecular flexibility index (Phi) is 5.92. The third kappa shape index (κ3) is 7.58.